The highest BCUT2D eigenvalue weighted by Gasteiger charge is 2.46. The van der Waals surface area contributed by atoms with Gasteiger partial charge in [0.05, 0.1) is 17.8 Å². The fourth-order valence-corrected chi connectivity index (χ4v) is 6.82. The van der Waals surface area contributed by atoms with E-state index in [0.717, 1.165) is 44.2 Å². The summed E-state index contributed by atoms with van der Waals surface area (Å²) in [6, 6.07) is -1.55. The van der Waals surface area contributed by atoms with Gasteiger partial charge in [-0.05, 0) is 55.6 Å². The van der Waals surface area contributed by atoms with Gasteiger partial charge in [0.2, 0.25) is 11.8 Å². The number of β-amino-alcohol motifs (C(OH)–C–C–N with tert-alkyl or cyclic N) is 1. The number of aliphatic hydroxyl groups excluding tert-OH is 1. The van der Waals surface area contributed by atoms with Gasteiger partial charge in [-0.3, -0.25) is 9.59 Å². The molecule has 1 saturated heterocycles. The lowest BCUT2D eigenvalue weighted by Crippen LogP contribution is -2.55. The van der Waals surface area contributed by atoms with Crippen LogP contribution in [0.25, 0.3) is 0 Å². The smallest absolute Gasteiger partial charge is 0.248 e. The van der Waals surface area contributed by atoms with Gasteiger partial charge in [0.1, 0.15) is 23.1 Å². The van der Waals surface area contributed by atoms with Gasteiger partial charge in [0, 0.05) is 25.1 Å². The summed E-state index contributed by atoms with van der Waals surface area (Å²) in [5, 5.41) is 22.0. The predicted octanol–water partition coefficient (Wildman–Crippen LogP) is 1.90. The number of rotatable bonds is 7. The first-order valence-electron chi connectivity index (χ1n) is 12.7. The normalized spacial score (nSPS) is 29.6. The minimum absolute atomic E-state index is 0.0588. The lowest BCUT2D eigenvalue weighted by molar-refractivity contribution is -0.144. The summed E-state index contributed by atoms with van der Waals surface area (Å²) in [5.41, 5.74) is 0.442. The molecule has 2 amide bonds. The molecule has 1 aromatic heterocycles. The van der Waals surface area contributed by atoms with Crippen molar-refractivity contribution in [3.05, 3.63) is 11.9 Å². The van der Waals surface area contributed by atoms with E-state index in [2.05, 4.69) is 15.6 Å². The molecule has 2 N–H and O–H groups in total. The Hall–Kier alpha value is -1.65. The van der Waals surface area contributed by atoms with E-state index in [0.29, 0.717) is 11.7 Å². The molecule has 3 aliphatic rings. The van der Waals surface area contributed by atoms with Crippen molar-refractivity contribution in [2.45, 2.75) is 108 Å². The quantitative estimate of drug-likeness (QED) is 0.559. The Labute approximate surface area is 205 Å². The number of hydrogen-bond donors (Lipinski definition) is 2. The zero-order valence-corrected chi connectivity index (χ0v) is 21.6. The summed E-state index contributed by atoms with van der Waals surface area (Å²) >= 11 is -0.990. The van der Waals surface area contributed by atoms with Crippen molar-refractivity contribution < 1.29 is 19.2 Å². The molecule has 2 saturated carbocycles. The maximum absolute atomic E-state index is 13.9. The van der Waals surface area contributed by atoms with Crippen LogP contribution in [0.15, 0.2) is 6.20 Å². The van der Waals surface area contributed by atoms with Crippen LogP contribution in [0.3, 0.4) is 0 Å². The molecule has 3 fully saturated rings. The molecule has 6 atom stereocenters. The Morgan fingerprint density at radius 2 is 1.97 bits per heavy atom. The van der Waals surface area contributed by atoms with Gasteiger partial charge >= 0.3 is 0 Å². The molecule has 10 heteroatoms. The van der Waals surface area contributed by atoms with Crippen molar-refractivity contribution in [3.8, 4) is 0 Å². The van der Waals surface area contributed by atoms with E-state index in [9.17, 15) is 19.2 Å². The summed E-state index contributed by atoms with van der Waals surface area (Å²) in [4.78, 5) is 28.8. The molecule has 0 radical (unpaired) electrons. The first-order valence-corrected chi connectivity index (χ1v) is 14.1. The standard InChI is InChI=1S/C24H39N5O4S/c1-5-34(33)20-9-7-6-8-17(20)25-22(31)19-12-16(30)13-28(19)23(32)21(24(2,3)4)29-14-18(26-27-29)15-10-11-15/h14-17,19-21,30H,5-13H2,1-4H3,(H,25,31)/t16-,17?,19+,20?,21-,34?/m1/s1. The van der Waals surface area contributed by atoms with Crippen molar-refractivity contribution in [3.63, 3.8) is 0 Å². The molecule has 3 unspecified atom stereocenters. The van der Waals surface area contributed by atoms with Gasteiger partial charge in [-0.1, -0.05) is 32.4 Å². The molecular formula is C24H39N5O4S. The number of nitrogens with zero attached hydrogens (tertiary/aromatic N) is 4. The number of aromatic nitrogens is 3. The van der Waals surface area contributed by atoms with Gasteiger partial charge < -0.3 is 19.9 Å². The highest BCUT2D eigenvalue weighted by atomic mass is 32.2. The summed E-state index contributed by atoms with van der Waals surface area (Å²) in [6.45, 7) is 7.94. The van der Waals surface area contributed by atoms with E-state index >= 15 is 0 Å². The number of amides is 2. The zero-order valence-electron chi connectivity index (χ0n) is 20.8. The minimum Gasteiger partial charge on any atom is -0.616 e. The number of carbonyl (C=O) groups is 2. The Bertz CT molecular complexity index is 883. The summed E-state index contributed by atoms with van der Waals surface area (Å²) in [6.07, 6.45) is 7.13. The van der Waals surface area contributed by atoms with Crippen LogP contribution >= 0.6 is 0 Å². The van der Waals surface area contributed by atoms with Gasteiger partial charge in [-0.25, -0.2) is 4.68 Å². The van der Waals surface area contributed by atoms with Crippen LogP contribution in [0.5, 0.6) is 0 Å². The second-order valence-electron chi connectivity index (χ2n) is 11.2. The highest BCUT2D eigenvalue weighted by molar-refractivity contribution is 7.92. The summed E-state index contributed by atoms with van der Waals surface area (Å²) < 4.78 is 14.2. The van der Waals surface area contributed by atoms with Gasteiger partial charge in [0.25, 0.3) is 0 Å². The third-order valence-corrected chi connectivity index (χ3v) is 9.17. The lowest BCUT2D eigenvalue weighted by Gasteiger charge is -2.36. The molecule has 9 nitrogen and oxygen atoms in total. The first kappa shape index (κ1) is 25.4. The van der Waals surface area contributed by atoms with Crippen LogP contribution in [-0.2, 0) is 20.8 Å². The molecular weight excluding hydrogens is 454 g/mol. The average molecular weight is 494 g/mol. The molecule has 4 rings (SSSR count). The molecule has 1 aliphatic heterocycles. The largest absolute Gasteiger partial charge is 0.616 e. The molecule has 2 aliphatic carbocycles. The van der Waals surface area contributed by atoms with Crippen molar-refractivity contribution >= 4 is 23.0 Å². The van der Waals surface area contributed by atoms with Gasteiger partial charge in [-0.15, -0.1) is 5.10 Å². The molecule has 0 spiro atoms. The Morgan fingerprint density at radius 3 is 2.62 bits per heavy atom. The SMILES string of the molecule is CC[S+]([O-])C1CCCCC1NC(=O)[C@@H]1C[C@@H](O)CN1C(=O)[C@@H](n1cc(C2CC2)nn1)C(C)(C)C. The van der Waals surface area contributed by atoms with E-state index in [-0.39, 0.29) is 36.1 Å². The van der Waals surface area contributed by atoms with E-state index in [1.165, 1.54) is 4.90 Å². The monoisotopic (exact) mass is 493 g/mol. The van der Waals surface area contributed by atoms with Crippen LogP contribution < -0.4 is 5.32 Å². The maximum Gasteiger partial charge on any atom is 0.248 e. The van der Waals surface area contributed by atoms with Crippen LogP contribution in [0.1, 0.15) is 90.3 Å². The zero-order chi connectivity index (χ0) is 24.6. The molecule has 0 aromatic carbocycles. The van der Waals surface area contributed by atoms with Crippen LogP contribution in [0.2, 0.25) is 0 Å². The Morgan fingerprint density at radius 1 is 1.26 bits per heavy atom. The van der Waals surface area contributed by atoms with Gasteiger partial charge in [-0.2, -0.15) is 0 Å². The number of carbonyl (C=O) groups excluding carboxylic acids is 2. The lowest BCUT2D eigenvalue weighted by atomic mass is 9.85. The maximum atomic E-state index is 13.9. The highest BCUT2D eigenvalue weighted by Crippen LogP contribution is 2.40. The van der Waals surface area contributed by atoms with E-state index in [1.807, 2.05) is 33.9 Å². The first-order chi connectivity index (χ1) is 16.1. The van der Waals surface area contributed by atoms with Crippen molar-refractivity contribution in [2.24, 2.45) is 5.41 Å². The topological polar surface area (TPSA) is 123 Å². The fraction of sp³-hybridized carbons (Fsp3) is 0.833. The number of likely N-dealkylation sites (tertiary alicyclic amines) is 1. The second kappa shape index (κ2) is 10.1. The van der Waals surface area contributed by atoms with Gasteiger partial charge in [0.15, 0.2) is 0 Å². The summed E-state index contributed by atoms with van der Waals surface area (Å²) in [5.74, 6) is 0.500. The third-order valence-electron chi connectivity index (χ3n) is 7.36. The Kier molecular flexibility index (Phi) is 7.59. The van der Waals surface area contributed by atoms with E-state index in [1.54, 1.807) is 4.68 Å². The molecule has 190 valence electrons. The molecule has 2 heterocycles. The number of nitrogens with one attached hydrogen (secondary N) is 1. The van der Waals surface area contributed by atoms with Crippen LogP contribution in [0, 0.1) is 5.41 Å². The molecule has 0 bridgehead atoms. The van der Waals surface area contributed by atoms with Crippen molar-refractivity contribution in [2.75, 3.05) is 12.3 Å². The average Bonchev–Trinajstić information content (AvgIpc) is 3.39. The second-order valence-corrected chi connectivity index (χ2v) is 13.1. The number of hydrogen-bond acceptors (Lipinski definition) is 6. The molecule has 1 aromatic rings. The van der Waals surface area contributed by atoms with Crippen molar-refractivity contribution in [1.82, 2.24) is 25.2 Å². The predicted molar refractivity (Wildman–Crippen MR) is 129 cm³/mol. The van der Waals surface area contributed by atoms with E-state index in [4.69, 9.17) is 0 Å². The Balaban J connectivity index is 1.52. The summed E-state index contributed by atoms with van der Waals surface area (Å²) in [7, 11) is 0. The fourth-order valence-electron chi connectivity index (χ4n) is 5.40. The minimum atomic E-state index is -0.990. The van der Waals surface area contributed by atoms with Crippen molar-refractivity contribution in [1.29, 1.82) is 0 Å². The van der Waals surface area contributed by atoms with E-state index < -0.39 is 34.8 Å². The number of aliphatic hydroxyl groups is 1. The molecule has 34 heavy (non-hydrogen) atoms. The van der Waals surface area contributed by atoms with Crippen LogP contribution in [0.4, 0.5) is 0 Å². The third kappa shape index (κ3) is 5.44. The van der Waals surface area contributed by atoms with Crippen LogP contribution in [-0.4, -0.2) is 77.1 Å².